The average Bonchev–Trinajstić information content (AvgIpc) is 2.96. The Bertz CT molecular complexity index is 540. The Morgan fingerprint density at radius 1 is 1.26 bits per heavy atom. The van der Waals surface area contributed by atoms with Gasteiger partial charge in [-0.3, -0.25) is 0 Å². The maximum Gasteiger partial charge on any atom is 0.343 e. The monoisotopic (exact) mass is 256 g/mol. The fourth-order valence-corrected chi connectivity index (χ4v) is 3.45. The third kappa shape index (κ3) is 1.99. The summed E-state index contributed by atoms with van der Waals surface area (Å²) in [6.07, 6.45) is 2.29. The van der Waals surface area contributed by atoms with Crippen molar-refractivity contribution in [3.05, 3.63) is 47.2 Å². The zero-order valence-corrected chi connectivity index (χ0v) is 11.8. The van der Waals surface area contributed by atoms with Gasteiger partial charge in [0.15, 0.2) is 0 Å². The van der Waals surface area contributed by atoms with Crippen LogP contribution in [-0.4, -0.2) is 5.97 Å². The van der Waals surface area contributed by atoms with E-state index in [-0.39, 0.29) is 5.97 Å². The van der Waals surface area contributed by atoms with Crippen molar-refractivity contribution in [1.29, 1.82) is 0 Å². The summed E-state index contributed by atoms with van der Waals surface area (Å²) in [4.78, 5) is 12.2. The van der Waals surface area contributed by atoms with Gasteiger partial charge in [0.25, 0.3) is 0 Å². The largest absolute Gasteiger partial charge is 0.427 e. The maximum atomic E-state index is 12.2. The molecule has 19 heavy (non-hydrogen) atoms. The van der Waals surface area contributed by atoms with Gasteiger partial charge in [-0.1, -0.05) is 32.0 Å². The number of hydrogen-bond donors (Lipinski definition) is 0. The minimum atomic E-state index is -0.224. The standard InChI is InChI=1S/C17H20O2/c1-11-9-10-13-14(17(13,2)3)15(11)19-16(18)12-7-5-4-6-8-12/h4-8,13-14H,9-10H2,1-3H3/t13-,14-/m1/s1. The van der Waals surface area contributed by atoms with E-state index in [2.05, 4.69) is 20.8 Å². The van der Waals surface area contributed by atoms with Crippen molar-refractivity contribution in [1.82, 2.24) is 0 Å². The number of allylic oxidation sites excluding steroid dienone is 2. The summed E-state index contributed by atoms with van der Waals surface area (Å²) in [5, 5.41) is 0. The molecule has 0 aromatic heterocycles. The summed E-state index contributed by atoms with van der Waals surface area (Å²) in [6.45, 7) is 6.65. The Labute approximate surface area is 114 Å². The lowest BCUT2D eigenvalue weighted by Crippen LogP contribution is -2.11. The second kappa shape index (κ2) is 4.22. The molecule has 2 atom stereocenters. The molecule has 0 amide bonds. The van der Waals surface area contributed by atoms with Crippen LogP contribution in [-0.2, 0) is 4.74 Å². The van der Waals surface area contributed by atoms with Gasteiger partial charge in [-0.2, -0.15) is 0 Å². The van der Waals surface area contributed by atoms with E-state index in [1.807, 2.05) is 18.2 Å². The molecule has 0 bridgehead atoms. The zero-order chi connectivity index (χ0) is 13.6. The summed E-state index contributed by atoms with van der Waals surface area (Å²) in [5.41, 5.74) is 2.17. The molecular weight excluding hydrogens is 236 g/mol. The van der Waals surface area contributed by atoms with E-state index in [0.717, 1.165) is 12.2 Å². The van der Waals surface area contributed by atoms with Crippen molar-refractivity contribution in [2.75, 3.05) is 0 Å². The number of fused-ring (bicyclic) bond motifs is 1. The summed E-state index contributed by atoms with van der Waals surface area (Å²) < 4.78 is 5.72. The smallest absolute Gasteiger partial charge is 0.343 e. The fourth-order valence-electron chi connectivity index (χ4n) is 3.45. The highest BCUT2D eigenvalue weighted by Gasteiger charge is 2.61. The Hall–Kier alpha value is -1.57. The summed E-state index contributed by atoms with van der Waals surface area (Å²) in [5.74, 6) is 1.84. The van der Waals surface area contributed by atoms with Crippen LogP contribution in [0, 0.1) is 17.3 Å². The molecular formula is C17H20O2. The molecule has 1 saturated carbocycles. The van der Waals surface area contributed by atoms with Crippen molar-refractivity contribution in [3.8, 4) is 0 Å². The van der Waals surface area contributed by atoms with Gasteiger partial charge in [0.1, 0.15) is 5.76 Å². The number of hydrogen-bond acceptors (Lipinski definition) is 2. The molecule has 2 nitrogen and oxygen atoms in total. The molecule has 0 radical (unpaired) electrons. The number of rotatable bonds is 2. The van der Waals surface area contributed by atoms with E-state index >= 15 is 0 Å². The Balaban J connectivity index is 1.81. The molecule has 2 heteroatoms. The molecule has 1 aromatic carbocycles. The third-order valence-corrected chi connectivity index (χ3v) is 4.80. The lowest BCUT2D eigenvalue weighted by Gasteiger charge is -2.17. The van der Waals surface area contributed by atoms with Crippen LogP contribution in [0.4, 0.5) is 0 Å². The normalized spacial score (nSPS) is 27.7. The van der Waals surface area contributed by atoms with Gasteiger partial charge in [0, 0.05) is 5.92 Å². The number of esters is 1. The van der Waals surface area contributed by atoms with Gasteiger partial charge in [-0.15, -0.1) is 0 Å². The molecule has 2 aliphatic rings. The van der Waals surface area contributed by atoms with Gasteiger partial charge in [0.05, 0.1) is 5.56 Å². The van der Waals surface area contributed by atoms with Crippen LogP contribution in [0.25, 0.3) is 0 Å². The van der Waals surface area contributed by atoms with Crippen LogP contribution < -0.4 is 0 Å². The van der Waals surface area contributed by atoms with Crippen molar-refractivity contribution in [3.63, 3.8) is 0 Å². The molecule has 0 saturated heterocycles. The molecule has 0 unspecified atom stereocenters. The van der Waals surface area contributed by atoms with Gasteiger partial charge in [0.2, 0.25) is 0 Å². The molecule has 0 spiro atoms. The van der Waals surface area contributed by atoms with Crippen LogP contribution in [0.3, 0.4) is 0 Å². The first-order chi connectivity index (χ1) is 9.01. The molecule has 2 aliphatic carbocycles. The number of carbonyl (C=O) groups is 1. The second-order valence-corrected chi connectivity index (χ2v) is 6.34. The zero-order valence-electron chi connectivity index (χ0n) is 11.8. The van der Waals surface area contributed by atoms with Crippen molar-refractivity contribution in [2.45, 2.75) is 33.6 Å². The highest BCUT2D eigenvalue weighted by atomic mass is 16.5. The summed E-state index contributed by atoms with van der Waals surface area (Å²) >= 11 is 0. The van der Waals surface area contributed by atoms with E-state index in [9.17, 15) is 4.79 Å². The van der Waals surface area contributed by atoms with Crippen molar-refractivity contribution in [2.24, 2.45) is 17.3 Å². The van der Waals surface area contributed by atoms with E-state index in [1.165, 1.54) is 12.0 Å². The van der Waals surface area contributed by atoms with E-state index < -0.39 is 0 Å². The molecule has 1 aromatic rings. The quantitative estimate of drug-likeness (QED) is 0.742. The maximum absolute atomic E-state index is 12.2. The van der Waals surface area contributed by atoms with Crippen molar-refractivity contribution >= 4 is 5.97 Å². The lowest BCUT2D eigenvalue weighted by atomic mass is 9.99. The van der Waals surface area contributed by atoms with Gasteiger partial charge >= 0.3 is 5.97 Å². The van der Waals surface area contributed by atoms with Gasteiger partial charge < -0.3 is 4.74 Å². The molecule has 100 valence electrons. The highest BCUT2D eigenvalue weighted by Crippen LogP contribution is 2.66. The Morgan fingerprint density at radius 3 is 2.63 bits per heavy atom. The fraction of sp³-hybridized carbons (Fsp3) is 0.471. The first-order valence-corrected chi connectivity index (χ1v) is 6.98. The topological polar surface area (TPSA) is 26.3 Å². The van der Waals surface area contributed by atoms with Crippen molar-refractivity contribution < 1.29 is 9.53 Å². The minimum absolute atomic E-state index is 0.224. The van der Waals surface area contributed by atoms with Crippen LogP contribution in [0.5, 0.6) is 0 Å². The van der Waals surface area contributed by atoms with Gasteiger partial charge in [-0.05, 0) is 48.8 Å². The molecule has 0 heterocycles. The van der Waals surface area contributed by atoms with E-state index in [4.69, 9.17) is 4.74 Å². The first-order valence-electron chi connectivity index (χ1n) is 6.98. The number of carbonyl (C=O) groups excluding carboxylic acids is 1. The van der Waals surface area contributed by atoms with Crippen LogP contribution in [0.15, 0.2) is 41.7 Å². The van der Waals surface area contributed by atoms with Crippen LogP contribution in [0.1, 0.15) is 44.0 Å². The van der Waals surface area contributed by atoms with Crippen LogP contribution in [0.2, 0.25) is 0 Å². The third-order valence-electron chi connectivity index (χ3n) is 4.80. The lowest BCUT2D eigenvalue weighted by molar-refractivity contribution is 0.0591. The predicted octanol–water partition coefficient (Wildman–Crippen LogP) is 4.18. The number of ether oxygens (including phenoxy) is 1. The molecule has 0 aliphatic heterocycles. The molecule has 0 N–H and O–H groups in total. The molecule has 1 fully saturated rings. The summed E-state index contributed by atoms with van der Waals surface area (Å²) in [7, 11) is 0. The minimum Gasteiger partial charge on any atom is -0.427 e. The van der Waals surface area contributed by atoms with E-state index in [1.54, 1.807) is 12.1 Å². The first kappa shape index (κ1) is 12.5. The van der Waals surface area contributed by atoms with Crippen LogP contribution >= 0.6 is 0 Å². The SMILES string of the molecule is CC1=C(OC(=O)c2ccccc2)[C@H]2[C@@H](CC1)C2(C)C. The summed E-state index contributed by atoms with van der Waals surface area (Å²) in [6, 6.07) is 9.24. The Kier molecular flexibility index (Phi) is 2.77. The second-order valence-electron chi connectivity index (χ2n) is 6.34. The average molecular weight is 256 g/mol. The predicted molar refractivity (Wildman–Crippen MR) is 74.6 cm³/mol. The van der Waals surface area contributed by atoms with E-state index in [0.29, 0.717) is 22.8 Å². The Morgan fingerprint density at radius 2 is 1.95 bits per heavy atom. The molecule has 3 rings (SSSR count). The van der Waals surface area contributed by atoms with Gasteiger partial charge in [-0.25, -0.2) is 4.79 Å². The highest BCUT2D eigenvalue weighted by molar-refractivity contribution is 5.90. The number of benzene rings is 1.